The van der Waals surface area contributed by atoms with Gasteiger partial charge in [0.2, 0.25) is 0 Å². The fraction of sp³-hybridized carbons (Fsp3) is 0.200. The van der Waals surface area contributed by atoms with Crippen molar-refractivity contribution in [2.45, 2.75) is 0 Å². The van der Waals surface area contributed by atoms with Gasteiger partial charge in [-0.25, -0.2) is 0 Å². The molecule has 0 fully saturated rings. The summed E-state index contributed by atoms with van der Waals surface area (Å²) in [7, 11) is 3.94. The molecule has 0 unspecified atom stereocenters. The number of thioether (sulfide) groups is 1. The van der Waals surface area contributed by atoms with Gasteiger partial charge in [0, 0.05) is 19.8 Å². The van der Waals surface area contributed by atoms with Crippen LogP contribution in [0.15, 0.2) is 34.5 Å². The second kappa shape index (κ2) is 6.00. The number of benzene rings is 1. The number of nitrogens with two attached hydrogens (primary N) is 3. The minimum Gasteiger partial charge on any atom is -0.378 e. The van der Waals surface area contributed by atoms with Gasteiger partial charge >= 0.3 is 10.3 Å². The third-order valence-electron chi connectivity index (χ3n) is 1.85. The number of amidine groups is 2. The van der Waals surface area contributed by atoms with Crippen LogP contribution in [0.1, 0.15) is 0 Å². The molecule has 0 aliphatic rings. The summed E-state index contributed by atoms with van der Waals surface area (Å²) in [5, 5.41) is 18.9. The molecular weight excluding hydrogens is 236 g/mol. The van der Waals surface area contributed by atoms with Crippen LogP contribution in [0.3, 0.4) is 0 Å². The fourth-order valence-electron chi connectivity index (χ4n) is 1.07. The molecule has 1 rings (SSSR count). The van der Waals surface area contributed by atoms with E-state index in [-0.39, 0.29) is 10.3 Å². The lowest BCUT2D eigenvalue weighted by atomic mass is 10.3. The van der Waals surface area contributed by atoms with E-state index in [9.17, 15) is 0 Å². The van der Waals surface area contributed by atoms with Crippen LogP contribution in [0.2, 0.25) is 0 Å². The van der Waals surface area contributed by atoms with E-state index in [4.69, 9.17) is 16.6 Å². The standard InChI is InChI=1S/C10H14N6S/c1-16(2)8-5-3-7(4-6-8)14-15-10(13)17-9(11)12/h3-6,13H,1-2H3,(H3,11,12)/p+2. The predicted molar refractivity (Wildman–Crippen MR) is 70.9 cm³/mol. The van der Waals surface area contributed by atoms with Gasteiger partial charge in [0.25, 0.3) is 0 Å². The summed E-state index contributed by atoms with van der Waals surface area (Å²) >= 11 is 0.980. The molecule has 90 valence electrons. The Labute approximate surface area is 104 Å². The maximum absolute atomic E-state index is 5.53. The van der Waals surface area contributed by atoms with Crippen molar-refractivity contribution in [1.82, 2.24) is 0 Å². The molecule has 6 nitrogen and oxygen atoms in total. The average Bonchev–Trinajstić information content (AvgIpc) is 2.26. The zero-order valence-corrected chi connectivity index (χ0v) is 10.6. The zero-order valence-electron chi connectivity index (χ0n) is 9.79. The van der Waals surface area contributed by atoms with E-state index < -0.39 is 0 Å². The predicted octanol–water partition coefficient (Wildman–Crippen LogP) is -1.24. The summed E-state index contributed by atoms with van der Waals surface area (Å²) in [6.07, 6.45) is 0. The first-order chi connectivity index (χ1) is 7.99. The van der Waals surface area contributed by atoms with Crippen molar-refractivity contribution in [1.29, 1.82) is 0 Å². The van der Waals surface area contributed by atoms with Crippen molar-refractivity contribution in [3.63, 3.8) is 0 Å². The molecule has 1 aromatic carbocycles. The lowest BCUT2D eigenvalue weighted by Gasteiger charge is -2.11. The van der Waals surface area contributed by atoms with Crippen molar-refractivity contribution in [3.05, 3.63) is 24.3 Å². The normalized spacial score (nSPS) is 10.5. The third kappa shape index (κ3) is 4.64. The first-order valence-electron chi connectivity index (χ1n) is 4.86. The Morgan fingerprint density at radius 3 is 2.29 bits per heavy atom. The molecule has 6 N–H and O–H groups in total. The van der Waals surface area contributed by atoms with Crippen molar-refractivity contribution in [3.8, 4) is 0 Å². The van der Waals surface area contributed by atoms with Crippen molar-refractivity contribution in [2.24, 2.45) is 16.0 Å². The van der Waals surface area contributed by atoms with Crippen LogP contribution in [-0.4, -0.2) is 24.4 Å². The lowest BCUT2D eigenvalue weighted by Crippen LogP contribution is -2.47. The molecule has 0 amide bonds. The molecule has 0 heterocycles. The van der Waals surface area contributed by atoms with Crippen molar-refractivity contribution < 1.29 is 10.8 Å². The van der Waals surface area contributed by atoms with Gasteiger partial charge in [0.05, 0.1) is 16.9 Å². The summed E-state index contributed by atoms with van der Waals surface area (Å²) in [4.78, 5) is 2.00. The molecule has 0 spiro atoms. The van der Waals surface area contributed by atoms with E-state index in [2.05, 4.69) is 10.2 Å². The number of hydrogen-bond donors (Lipinski definition) is 3. The summed E-state index contributed by atoms with van der Waals surface area (Å²) in [5.74, 6) is 0. The molecule has 0 radical (unpaired) electrons. The largest absolute Gasteiger partial charge is 0.389 e. The highest BCUT2D eigenvalue weighted by atomic mass is 32.2. The Kier molecular flexibility index (Phi) is 4.65. The van der Waals surface area contributed by atoms with Crippen LogP contribution in [0.25, 0.3) is 0 Å². The van der Waals surface area contributed by atoms with Crippen molar-refractivity contribution in [2.75, 3.05) is 19.0 Å². The van der Waals surface area contributed by atoms with Gasteiger partial charge in [-0.05, 0) is 29.4 Å². The van der Waals surface area contributed by atoms with Crippen LogP contribution in [0.5, 0.6) is 0 Å². The molecule has 1 aromatic rings. The first kappa shape index (κ1) is 13.2. The van der Waals surface area contributed by atoms with Gasteiger partial charge in [-0.15, -0.1) is 0 Å². The van der Waals surface area contributed by atoms with Gasteiger partial charge in [0.1, 0.15) is 5.69 Å². The molecule has 17 heavy (non-hydrogen) atoms. The van der Waals surface area contributed by atoms with Crippen LogP contribution in [0, 0.1) is 0 Å². The Morgan fingerprint density at radius 2 is 1.82 bits per heavy atom. The molecular formula is C10H16N6S+2. The molecule has 7 heteroatoms. The number of azo groups is 1. The average molecular weight is 252 g/mol. The fourth-order valence-corrected chi connectivity index (χ4v) is 1.39. The first-order valence-corrected chi connectivity index (χ1v) is 5.68. The highest BCUT2D eigenvalue weighted by Gasteiger charge is 2.10. The van der Waals surface area contributed by atoms with Crippen LogP contribution in [-0.2, 0) is 0 Å². The second-order valence-corrected chi connectivity index (χ2v) is 4.55. The molecule has 0 saturated carbocycles. The molecule has 0 atom stereocenters. The quantitative estimate of drug-likeness (QED) is 0.348. The maximum Gasteiger partial charge on any atom is 0.389 e. The van der Waals surface area contributed by atoms with E-state index >= 15 is 0 Å². The Hall–Kier alpha value is -1.89. The molecule has 0 aliphatic carbocycles. The third-order valence-corrected chi connectivity index (χ3v) is 2.38. The van der Waals surface area contributed by atoms with Crippen LogP contribution in [0.4, 0.5) is 11.4 Å². The number of rotatable bonds is 2. The highest BCUT2D eigenvalue weighted by molar-refractivity contribution is 8.25. The van der Waals surface area contributed by atoms with Crippen LogP contribution >= 0.6 is 11.8 Å². The second-order valence-electron chi connectivity index (χ2n) is 3.45. The molecule has 0 aliphatic heterocycles. The summed E-state index contributed by atoms with van der Waals surface area (Å²) in [6.45, 7) is 0. The SMILES string of the molecule is CN(C)c1ccc(N=NC(=[NH2+])SC(N)=[NH2+])cc1. The number of nitrogens with zero attached hydrogens (tertiary/aromatic N) is 3. The van der Waals surface area contributed by atoms with Gasteiger partial charge < -0.3 is 4.90 Å². The van der Waals surface area contributed by atoms with Crippen LogP contribution < -0.4 is 21.5 Å². The Balaban J connectivity index is 2.66. The summed E-state index contributed by atoms with van der Waals surface area (Å²) < 4.78 is 0. The minimum absolute atomic E-state index is 0.143. The van der Waals surface area contributed by atoms with E-state index in [0.29, 0.717) is 0 Å². The molecule has 0 saturated heterocycles. The van der Waals surface area contributed by atoms with Gasteiger partial charge in [0.15, 0.2) is 0 Å². The Bertz CT molecular complexity index is 437. The van der Waals surface area contributed by atoms with Crippen molar-refractivity contribution >= 4 is 33.5 Å². The monoisotopic (exact) mass is 252 g/mol. The molecule has 0 aromatic heterocycles. The summed E-state index contributed by atoms with van der Waals surface area (Å²) in [6, 6.07) is 7.60. The molecule has 0 bridgehead atoms. The maximum atomic E-state index is 5.53. The smallest absolute Gasteiger partial charge is 0.378 e. The van der Waals surface area contributed by atoms with Gasteiger partial charge in [-0.2, -0.15) is 0 Å². The minimum atomic E-state index is 0.143. The topological polar surface area (TPSA) is 105 Å². The summed E-state index contributed by atoms with van der Waals surface area (Å²) in [5.41, 5.74) is 7.07. The van der Waals surface area contributed by atoms with E-state index in [0.717, 1.165) is 23.1 Å². The van der Waals surface area contributed by atoms with E-state index in [1.807, 2.05) is 43.3 Å². The van der Waals surface area contributed by atoms with Gasteiger partial charge in [-0.3, -0.25) is 16.6 Å². The lowest BCUT2D eigenvalue weighted by molar-refractivity contribution is -0.112. The highest BCUT2D eigenvalue weighted by Crippen LogP contribution is 2.18. The zero-order chi connectivity index (χ0) is 12.8. The number of anilines is 1. The van der Waals surface area contributed by atoms with E-state index in [1.165, 1.54) is 0 Å². The van der Waals surface area contributed by atoms with Gasteiger partial charge in [-0.1, -0.05) is 0 Å². The van der Waals surface area contributed by atoms with E-state index in [1.54, 1.807) is 0 Å². The Morgan fingerprint density at radius 1 is 1.24 bits per heavy atom. The number of hydrogen-bond acceptors (Lipinski definition) is 3.